The summed E-state index contributed by atoms with van der Waals surface area (Å²) in [5.74, 6) is -0.193. The molecular weight excluding hydrogens is 379 g/mol. The Morgan fingerprint density at radius 2 is 2.07 bits per heavy atom. The molecule has 0 saturated carbocycles. The summed E-state index contributed by atoms with van der Waals surface area (Å²) in [5, 5.41) is 14.1. The number of piperidine rings is 2. The number of carbonyl (C=O) groups is 1. The minimum absolute atomic E-state index is 0. The minimum atomic E-state index is -0.644. The predicted molar refractivity (Wildman–Crippen MR) is 110 cm³/mol. The average molecular weight is 405 g/mol. The third-order valence-electron chi connectivity index (χ3n) is 6.04. The van der Waals surface area contributed by atoms with Gasteiger partial charge in [-0.1, -0.05) is 18.2 Å². The zero-order valence-electron chi connectivity index (χ0n) is 16.0. The molecule has 150 valence electrons. The van der Waals surface area contributed by atoms with Crippen LogP contribution in [-0.4, -0.2) is 47.7 Å². The number of amides is 1. The molecule has 2 aliphatic rings. The molecular formula is C22H26ClFN2O2. The van der Waals surface area contributed by atoms with E-state index in [0.29, 0.717) is 25.1 Å². The molecule has 2 heterocycles. The largest absolute Gasteiger partial charge is 0.389 e. The molecule has 2 aliphatic heterocycles. The maximum Gasteiger partial charge on any atom is 0.253 e. The van der Waals surface area contributed by atoms with Crippen molar-refractivity contribution in [2.24, 2.45) is 5.92 Å². The van der Waals surface area contributed by atoms with Crippen LogP contribution in [0.5, 0.6) is 0 Å². The molecule has 0 spiro atoms. The van der Waals surface area contributed by atoms with Crippen LogP contribution in [0, 0.1) is 18.7 Å². The zero-order chi connectivity index (χ0) is 19.0. The summed E-state index contributed by atoms with van der Waals surface area (Å²) in [4.78, 5) is 14.9. The minimum Gasteiger partial charge on any atom is -0.389 e. The first-order chi connectivity index (χ1) is 13.0. The summed E-state index contributed by atoms with van der Waals surface area (Å²) >= 11 is 0. The number of likely N-dealkylation sites (tertiary alicyclic amines) is 1. The van der Waals surface area contributed by atoms with Gasteiger partial charge in [0.05, 0.1) is 5.60 Å². The number of benzene rings is 2. The molecule has 2 aromatic rings. The molecule has 0 aliphatic carbocycles. The fourth-order valence-corrected chi connectivity index (χ4v) is 4.36. The number of nitrogens with zero attached hydrogens (tertiary/aromatic N) is 1. The van der Waals surface area contributed by atoms with Crippen LogP contribution in [0.3, 0.4) is 0 Å². The van der Waals surface area contributed by atoms with Gasteiger partial charge in [-0.2, -0.15) is 0 Å². The van der Waals surface area contributed by atoms with Crippen LogP contribution < -0.4 is 5.32 Å². The van der Waals surface area contributed by atoms with Crippen molar-refractivity contribution in [3.63, 3.8) is 0 Å². The Labute approximate surface area is 171 Å². The van der Waals surface area contributed by atoms with Gasteiger partial charge in [-0.15, -0.1) is 12.4 Å². The van der Waals surface area contributed by atoms with Gasteiger partial charge in [0, 0.05) is 31.1 Å². The summed E-state index contributed by atoms with van der Waals surface area (Å²) in [6, 6.07) is 12.2. The maximum absolute atomic E-state index is 13.4. The lowest BCUT2D eigenvalue weighted by Crippen LogP contribution is -2.59. The molecule has 28 heavy (non-hydrogen) atoms. The van der Waals surface area contributed by atoms with Gasteiger partial charge < -0.3 is 15.3 Å². The number of fused-ring (bicyclic) bond motifs is 1. The number of carbonyl (C=O) groups excluding carboxylic acids is 1. The smallest absolute Gasteiger partial charge is 0.253 e. The standard InChI is InChI=1S/C22H25FN2O2.ClH/c1-15-11-19(23)5-6-20(15)16-3-2-4-17(12-16)21(26)25-10-8-22(27)7-9-24-13-18(22)14-25;/h2-6,11-12,18,24,27H,7-10,13-14H2,1H3;1H/t18-,22-;/m0./s1. The Bertz CT molecular complexity index is 875. The highest BCUT2D eigenvalue weighted by Gasteiger charge is 2.43. The van der Waals surface area contributed by atoms with Gasteiger partial charge >= 0.3 is 0 Å². The molecule has 6 heteroatoms. The van der Waals surface area contributed by atoms with Crippen molar-refractivity contribution in [1.29, 1.82) is 0 Å². The first-order valence-corrected chi connectivity index (χ1v) is 9.55. The summed E-state index contributed by atoms with van der Waals surface area (Å²) in [5.41, 5.74) is 2.66. The van der Waals surface area contributed by atoms with E-state index in [2.05, 4.69) is 5.32 Å². The molecule has 0 unspecified atom stereocenters. The molecule has 4 nitrogen and oxygen atoms in total. The maximum atomic E-state index is 13.4. The Hall–Kier alpha value is -1.95. The average Bonchev–Trinajstić information content (AvgIpc) is 2.67. The number of hydrogen-bond donors (Lipinski definition) is 2. The van der Waals surface area contributed by atoms with E-state index in [-0.39, 0.29) is 30.0 Å². The summed E-state index contributed by atoms with van der Waals surface area (Å²) < 4.78 is 13.4. The second-order valence-electron chi connectivity index (χ2n) is 7.80. The predicted octanol–water partition coefficient (Wildman–Crippen LogP) is 3.41. The van der Waals surface area contributed by atoms with Crippen LogP contribution in [0.15, 0.2) is 42.5 Å². The molecule has 2 saturated heterocycles. The number of halogens is 2. The van der Waals surface area contributed by atoms with E-state index in [0.717, 1.165) is 36.2 Å². The number of aliphatic hydroxyl groups is 1. The van der Waals surface area contributed by atoms with Crippen molar-refractivity contribution in [3.8, 4) is 11.1 Å². The number of rotatable bonds is 2. The molecule has 2 N–H and O–H groups in total. The molecule has 2 atom stereocenters. The van der Waals surface area contributed by atoms with E-state index < -0.39 is 5.60 Å². The second kappa shape index (κ2) is 8.19. The molecule has 1 amide bonds. The van der Waals surface area contributed by atoms with E-state index in [1.165, 1.54) is 12.1 Å². The molecule has 0 radical (unpaired) electrons. The van der Waals surface area contributed by atoms with Crippen LogP contribution in [0.25, 0.3) is 11.1 Å². The van der Waals surface area contributed by atoms with Crippen LogP contribution in [0.4, 0.5) is 4.39 Å². The SMILES string of the molecule is Cc1cc(F)ccc1-c1cccc(C(=O)N2CC[C@@]3(O)CCNC[C@H]3C2)c1.Cl. The third kappa shape index (κ3) is 3.93. The second-order valence-corrected chi connectivity index (χ2v) is 7.80. The van der Waals surface area contributed by atoms with E-state index in [4.69, 9.17) is 0 Å². The van der Waals surface area contributed by atoms with Crippen molar-refractivity contribution in [3.05, 3.63) is 59.4 Å². The van der Waals surface area contributed by atoms with Crippen molar-refractivity contribution in [2.45, 2.75) is 25.4 Å². The van der Waals surface area contributed by atoms with Crippen molar-refractivity contribution in [1.82, 2.24) is 10.2 Å². The first kappa shape index (κ1) is 20.8. The fraction of sp³-hybridized carbons (Fsp3) is 0.409. The molecule has 0 bridgehead atoms. The van der Waals surface area contributed by atoms with Gasteiger partial charge in [0.25, 0.3) is 5.91 Å². The summed E-state index contributed by atoms with van der Waals surface area (Å²) in [6.45, 7) is 4.59. The lowest BCUT2D eigenvalue weighted by atomic mass is 9.76. The highest BCUT2D eigenvalue weighted by Crippen LogP contribution is 2.33. The van der Waals surface area contributed by atoms with Gasteiger partial charge in [-0.25, -0.2) is 4.39 Å². The van der Waals surface area contributed by atoms with E-state index in [1.807, 2.05) is 36.1 Å². The fourth-order valence-electron chi connectivity index (χ4n) is 4.36. The third-order valence-corrected chi connectivity index (χ3v) is 6.04. The van der Waals surface area contributed by atoms with E-state index >= 15 is 0 Å². The summed E-state index contributed by atoms with van der Waals surface area (Å²) in [6.07, 6.45) is 1.38. The number of hydrogen-bond acceptors (Lipinski definition) is 3. The Kier molecular flexibility index (Phi) is 6.08. The van der Waals surface area contributed by atoms with Crippen LogP contribution >= 0.6 is 12.4 Å². The lowest BCUT2D eigenvalue weighted by molar-refractivity contribution is -0.0817. The highest BCUT2D eigenvalue weighted by molar-refractivity contribution is 5.95. The number of nitrogens with one attached hydrogen (secondary N) is 1. The molecule has 4 rings (SSSR count). The van der Waals surface area contributed by atoms with Gasteiger partial charge in [0.1, 0.15) is 5.82 Å². The first-order valence-electron chi connectivity index (χ1n) is 9.55. The van der Waals surface area contributed by atoms with Gasteiger partial charge in [0.2, 0.25) is 0 Å². The van der Waals surface area contributed by atoms with Gasteiger partial charge in [-0.05, 0) is 67.3 Å². The molecule has 2 aromatic carbocycles. The monoisotopic (exact) mass is 404 g/mol. The lowest BCUT2D eigenvalue weighted by Gasteiger charge is -2.47. The topological polar surface area (TPSA) is 52.6 Å². The Balaban J connectivity index is 0.00000225. The zero-order valence-corrected chi connectivity index (χ0v) is 16.8. The summed E-state index contributed by atoms with van der Waals surface area (Å²) in [7, 11) is 0. The Morgan fingerprint density at radius 3 is 2.86 bits per heavy atom. The molecule has 0 aromatic heterocycles. The highest BCUT2D eigenvalue weighted by atomic mass is 35.5. The van der Waals surface area contributed by atoms with E-state index in [1.54, 1.807) is 6.07 Å². The van der Waals surface area contributed by atoms with Crippen LogP contribution in [0.1, 0.15) is 28.8 Å². The van der Waals surface area contributed by atoms with E-state index in [9.17, 15) is 14.3 Å². The van der Waals surface area contributed by atoms with Crippen molar-refractivity contribution >= 4 is 18.3 Å². The van der Waals surface area contributed by atoms with Gasteiger partial charge in [-0.3, -0.25) is 4.79 Å². The van der Waals surface area contributed by atoms with Crippen LogP contribution in [0.2, 0.25) is 0 Å². The Morgan fingerprint density at radius 1 is 1.25 bits per heavy atom. The molecule has 2 fully saturated rings. The van der Waals surface area contributed by atoms with Crippen molar-refractivity contribution in [2.75, 3.05) is 26.2 Å². The van der Waals surface area contributed by atoms with Crippen molar-refractivity contribution < 1.29 is 14.3 Å². The normalized spacial score (nSPS) is 24.2. The quantitative estimate of drug-likeness (QED) is 0.806. The van der Waals surface area contributed by atoms with Crippen LogP contribution in [-0.2, 0) is 0 Å². The van der Waals surface area contributed by atoms with Gasteiger partial charge in [0.15, 0.2) is 0 Å². The number of aryl methyl sites for hydroxylation is 1.